The van der Waals surface area contributed by atoms with E-state index in [1.165, 1.54) is 0 Å². The molecule has 0 N–H and O–H groups in total. The molecule has 1 unspecified atom stereocenters. The topological polar surface area (TPSA) is 34.9 Å². The maximum atomic E-state index is 11.8. The van der Waals surface area contributed by atoms with E-state index in [1.54, 1.807) is 17.0 Å². The number of rotatable bonds is 5. The molecule has 0 radical (unpaired) electrons. The molecular formula is C10H14F2N2OS. The summed E-state index contributed by atoms with van der Waals surface area (Å²) in [5.41, 5.74) is 0. The highest BCUT2D eigenvalue weighted by Gasteiger charge is 2.12. The first-order chi connectivity index (χ1) is 7.52. The minimum absolute atomic E-state index is 0.0971. The average molecular weight is 248 g/mol. The lowest BCUT2D eigenvalue weighted by Crippen LogP contribution is -2.09. The standard InChI is InChI=1S/C10H14F2N2OS/c1-8(2)14-6-5-13-10(14)16(15)7-3-4-9(11)12/h4-6,8H,3,7H2,1-2H3. The van der Waals surface area contributed by atoms with Crippen LogP contribution in [0.3, 0.4) is 0 Å². The Kier molecular flexibility index (Phi) is 4.79. The molecule has 1 atom stereocenters. The summed E-state index contributed by atoms with van der Waals surface area (Å²) >= 11 is 0. The lowest BCUT2D eigenvalue weighted by molar-refractivity contribution is 0.418. The third-order valence-electron chi connectivity index (χ3n) is 1.99. The second kappa shape index (κ2) is 5.89. The van der Waals surface area contributed by atoms with Crippen LogP contribution < -0.4 is 0 Å². The van der Waals surface area contributed by atoms with Crippen LogP contribution in [-0.4, -0.2) is 19.5 Å². The largest absolute Gasteiger partial charge is 0.322 e. The maximum Gasteiger partial charge on any atom is 0.266 e. The molecule has 0 aliphatic rings. The van der Waals surface area contributed by atoms with Crippen molar-refractivity contribution in [1.82, 2.24) is 9.55 Å². The second-order valence-electron chi connectivity index (χ2n) is 3.54. The maximum absolute atomic E-state index is 11.8. The Balaban J connectivity index is 2.66. The predicted molar refractivity (Wildman–Crippen MR) is 58.8 cm³/mol. The van der Waals surface area contributed by atoms with Gasteiger partial charge in [-0.1, -0.05) is 0 Å². The summed E-state index contributed by atoms with van der Waals surface area (Å²) in [5, 5.41) is 0.447. The first-order valence-corrected chi connectivity index (χ1v) is 6.26. The Morgan fingerprint density at radius 2 is 2.31 bits per heavy atom. The number of imidazole rings is 1. The summed E-state index contributed by atoms with van der Waals surface area (Å²) in [7, 11) is -1.33. The van der Waals surface area contributed by atoms with Crippen molar-refractivity contribution >= 4 is 10.8 Å². The van der Waals surface area contributed by atoms with Gasteiger partial charge in [0.15, 0.2) is 5.16 Å². The molecular weight excluding hydrogens is 234 g/mol. The van der Waals surface area contributed by atoms with Crippen LogP contribution in [0.4, 0.5) is 8.78 Å². The number of allylic oxidation sites excluding steroid dienone is 1. The zero-order valence-corrected chi connectivity index (χ0v) is 10.0. The highest BCUT2D eigenvalue weighted by Crippen LogP contribution is 2.12. The van der Waals surface area contributed by atoms with Crippen molar-refractivity contribution in [2.45, 2.75) is 31.5 Å². The van der Waals surface area contributed by atoms with E-state index in [1.807, 2.05) is 13.8 Å². The first-order valence-electron chi connectivity index (χ1n) is 4.94. The van der Waals surface area contributed by atoms with Gasteiger partial charge in [0.25, 0.3) is 6.08 Å². The SMILES string of the molecule is CC(C)n1ccnc1S(=O)CCC=C(F)F. The van der Waals surface area contributed by atoms with E-state index in [0.717, 1.165) is 6.08 Å². The van der Waals surface area contributed by atoms with Gasteiger partial charge in [0.1, 0.15) is 0 Å². The summed E-state index contributed by atoms with van der Waals surface area (Å²) in [4.78, 5) is 3.99. The molecule has 0 saturated heterocycles. The van der Waals surface area contributed by atoms with Gasteiger partial charge in [-0.05, 0) is 26.3 Å². The molecule has 0 aliphatic carbocycles. The van der Waals surface area contributed by atoms with Crippen LogP contribution in [0, 0.1) is 0 Å². The van der Waals surface area contributed by atoms with Gasteiger partial charge in [0.2, 0.25) is 0 Å². The number of aromatic nitrogens is 2. The molecule has 1 rings (SSSR count). The lowest BCUT2D eigenvalue weighted by Gasteiger charge is -2.10. The zero-order valence-electron chi connectivity index (χ0n) is 9.19. The Hall–Kier alpha value is -1.04. The van der Waals surface area contributed by atoms with E-state index in [-0.39, 0.29) is 18.2 Å². The van der Waals surface area contributed by atoms with E-state index >= 15 is 0 Å². The van der Waals surface area contributed by atoms with Crippen molar-refractivity contribution in [3.05, 3.63) is 24.6 Å². The third kappa shape index (κ3) is 3.52. The summed E-state index contributed by atoms with van der Waals surface area (Å²) in [5.74, 6) is 0.168. The molecule has 0 bridgehead atoms. The van der Waals surface area contributed by atoms with E-state index < -0.39 is 16.9 Å². The zero-order chi connectivity index (χ0) is 12.1. The molecule has 0 spiro atoms. The molecule has 1 aromatic rings. The smallest absolute Gasteiger partial charge is 0.266 e. The number of hydrogen-bond donors (Lipinski definition) is 0. The van der Waals surface area contributed by atoms with Crippen LogP contribution in [0.25, 0.3) is 0 Å². The van der Waals surface area contributed by atoms with Gasteiger partial charge < -0.3 is 4.57 Å². The monoisotopic (exact) mass is 248 g/mol. The number of nitrogens with zero attached hydrogens (tertiary/aromatic N) is 2. The summed E-state index contributed by atoms with van der Waals surface area (Å²) in [6, 6.07) is 0.162. The molecule has 0 saturated carbocycles. The summed E-state index contributed by atoms with van der Waals surface area (Å²) in [6.45, 7) is 3.90. The highest BCUT2D eigenvalue weighted by molar-refractivity contribution is 7.84. The van der Waals surface area contributed by atoms with Crippen LogP contribution in [0.15, 0.2) is 29.7 Å². The third-order valence-corrected chi connectivity index (χ3v) is 3.32. The minimum Gasteiger partial charge on any atom is -0.322 e. The fourth-order valence-electron chi connectivity index (χ4n) is 1.24. The van der Waals surface area contributed by atoms with Crippen molar-refractivity contribution < 1.29 is 13.0 Å². The molecule has 0 aromatic carbocycles. The van der Waals surface area contributed by atoms with E-state index in [4.69, 9.17) is 0 Å². The number of halogens is 2. The molecule has 0 amide bonds. The molecule has 1 aromatic heterocycles. The van der Waals surface area contributed by atoms with Crippen LogP contribution in [0.1, 0.15) is 26.3 Å². The fraction of sp³-hybridized carbons (Fsp3) is 0.500. The quantitative estimate of drug-likeness (QED) is 0.803. The molecule has 1 heterocycles. The van der Waals surface area contributed by atoms with Gasteiger partial charge in [0, 0.05) is 24.2 Å². The predicted octanol–water partition coefficient (Wildman–Crippen LogP) is 2.74. The van der Waals surface area contributed by atoms with Gasteiger partial charge in [0.05, 0.1) is 10.8 Å². The van der Waals surface area contributed by atoms with Crippen LogP contribution in [0.2, 0.25) is 0 Å². The Morgan fingerprint density at radius 3 is 2.88 bits per heavy atom. The molecule has 90 valence electrons. The van der Waals surface area contributed by atoms with Crippen LogP contribution in [-0.2, 0) is 10.8 Å². The normalized spacial score (nSPS) is 12.8. The second-order valence-corrected chi connectivity index (χ2v) is 5.01. The van der Waals surface area contributed by atoms with Gasteiger partial charge in [-0.25, -0.2) is 4.98 Å². The summed E-state index contributed by atoms with van der Waals surface area (Å²) < 4.78 is 37.1. The number of hydrogen-bond acceptors (Lipinski definition) is 2. The lowest BCUT2D eigenvalue weighted by atomic mass is 10.4. The van der Waals surface area contributed by atoms with Gasteiger partial charge in [-0.2, -0.15) is 8.78 Å². The Labute approximate surface area is 95.6 Å². The molecule has 0 fully saturated rings. The molecule has 6 heteroatoms. The average Bonchev–Trinajstić information content (AvgIpc) is 2.65. The minimum atomic E-state index is -1.73. The van der Waals surface area contributed by atoms with Crippen molar-refractivity contribution in [2.24, 2.45) is 0 Å². The fourth-order valence-corrected chi connectivity index (χ4v) is 2.43. The molecule has 16 heavy (non-hydrogen) atoms. The van der Waals surface area contributed by atoms with E-state index in [2.05, 4.69) is 4.98 Å². The van der Waals surface area contributed by atoms with Crippen molar-refractivity contribution in [3.63, 3.8) is 0 Å². The van der Waals surface area contributed by atoms with Crippen molar-refractivity contribution in [3.8, 4) is 0 Å². The highest BCUT2D eigenvalue weighted by atomic mass is 32.2. The van der Waals surface area contributed by atoms with Crippen molar-refractivity contribution in [1.29, 1.82) is 0 Å². The van der Waals surface area contributed by atoms with Crippen LogP contribution in [0.5, 0.6) is 0 Å². The Bertz CT molecular complexity index is 397. The van der Waals surface area contributed by atoms with Crippen LogP contribution >= 0.6 is 0 Å². The van der Waals surface area contributed by atoms with E-state index in [9.17, 15) is 13.0 Å². The van der Waals surface area contributed by atoms with Gasteiger partial charge in [-0.3, -0.25) is 4.21 Å². The molecule has 0 aliphatic heterocycles. The van der Waals surface area contributed by atoms with Crippen molar-refractivity contribution in [2.75, 3.05) is 5.75 Å². The summed E-state index contributed by atoms with van der Waals surface area (Å²) in [6.07, 6.45) is 2.45. The Morgan fingerprint density at radius 1 is 1.62 bits per heavy atom. The van der Waals surface area contributed by atoms with E-state index in [0.29, 0.717) is 5.16 Å². The molecule has 3 nitrogen and oxygen atoms in total. The van der Waals surface area contributed by atoms with Gasteiger partial charge in [-0.15, -0.1) is 0 Å². The van der Waals surface area contributed by atoms with Gasteiger partial charge >= 0.3 is 0 Å². The first kappa shape index (κ1) is 13.0.